The first-order chi connectivity index (χ1) is 10.2. The molecule has 5 N–H and O–H groups in total. The van der Waals surface area contributed by atoms with E-state index in [0.717, 1.165) is 4.57 Å². The van der Waals surface area contributed by atoms with Crippen molar-refractivity contribution in [1.82, 2.24) is 9.55 Å². The summed E-state index contributed by atoms with van der Waals surface area (Å²) in [7, 11) is -3.41. The summed E-state index contributed by atoms with van der Waals surface area (Å²) < 4.78 is 26.6. The smallest absolute Gasteiger partial charge is 0.387 e. The quantitative estimate of drug-likeness (QED) is 0.450. The summed E-state index contributed by atoms with van der Waals surface area (Å²) in [6.45, 7) is -0.570. The van der Waals surface area contributed by atoms with E-state index in [1.807, 2.05) is 0 Å². The molecule has 0 aromatic carbocycles. The molecule has 0 saturated carbocycles. The number of hydrogen-bond acceptors (Lipinski definition) is 8. The van der Waals surface area contributed by atoms with Crippen molar-refractivity contribution in [1.29, 1.82) is 0 Å². The third-order valence-electron chi connectivity index (χ3n) is 3.12. The van der Waals surface area contributed by atoms with Gasteiger partial charge >= 0.3 is 13.5 Å². The topological polar surface area (TPSA) is 166 Å². The summed E-state index contributed by atoms with van der Waals surface area (Å²) in [6.07, 6.45) is -3.02. The Balaban J connectivity index is 2.21. The summed E-state index contributed by atoms with van der Waals surface area (Å²) in [5.74, 6) is 0.0233. The number of phosphoric acid groups is 1. The molecule has 4 atom stereocenters. The van der Waals surface area contributed by atoms with Gasteiger partial charge in [-0.25, -0.2) is 9.36 Å². The van der Waals surface area contributed by atoms with Crippen molar-refractivity contribution in [2.75, 3.05) is 19.5 Å². The predicted octanol–water partition coefficient (Wildman–Crippen LogP) is -1.79. The van der Waals surface area contributed by atoms with Crippen molar-refractivity contribution in [3.8, 4) is 0 Å². The van der Waals surface area contributed by atoms with Crippen LogP contribution in [-0.2, 0) is 18.6 Å². The van der Waals surface area contributed by atoms with Crippen molar-refractivity contribution in [2.24, 2.45) is 0 Å². The lowest BCUT2D eigenvalue weighted by Gasteiger charge is -2.20. The third kappa shape index (κ3) is 3.70. The monoisotopic (exact) mass is 337 g/mol. The van der Waals surface area contributed by atoms with Gasteiger partial charge in [0, 0.05) is 13.3 Å². The minimum Gasteiger partial charge on any atom is -0.387 e. The molecule has 2 heterocycles. The zero-order valence-corrected chi connectivity index (χ0v) is 12.4. The lowest BCUT2D eigenvalue weighted by molar-refractivity contribution is -0.0619. The van der Waals surface area contributed by atoms with Gasteiger partial charge in [0.15, 0.2) is 6.23 Å². The summed E-state index contributed by atoms with van der Waals surface area (Å²) in [5, 5.41) is 10.1. The predicted molar refractivity (Wildman–Crippen MR) is 71.6 cm³/mol. The van der Waals surface area contributed by atoms with Crippen LogP contribution >= 0.6 is 7.82 Å². The fourth-order valence-corrected chi connectivity index (χ4v) is 2.47. The average molecular weight is 337 g/mol. The van der Waals surface area contributed by atoms with Crippen LogP contribution in [0.1, 0.15) is 6.23 Å². The normalized spacial score (nSPS) is 28.9. The number of aliphatic hydroxyl groups excluding tert-OH is 1. The van der Waals surface area contributed by atoms with Gasteiger partial charge in [0.1, 0.15) is 24.1 Å². The fourth-order valence-electron chi connectivity index (χ4n) is 2.12. The van der Waals surface area contributed by atoms with Crippen LogP contribution in [0.25, 0.3) is 0 Å². The molecular weight excluding hydrogens is 321 g/mol. The van der Waals surface area contributed by atoms with Crippen LogP contribution in [0.15, 0.2) is 17.1 Å². The number of phosphoric ester groups is 1. The van der Waals surface area contributed by atoms with Crippen LogP contribution < -0.4 is 11.4 Å². The zero-order valence-electron chi connectivity index (χ0n) is 11.5. The number of aliphatic hydroxyl groups is 1. The minimum atomic E-state index is -4.71. The lowest BCUT2D eigenvalue weighted by atomic mass is 10.1. The summed E-state index contributed by atoms with van der Waals surface area (Å²) >= 11 is 0. The van der Waals surface area contributed by atoms with Gasteiger partial charge in [-0.1, -0.05) is 0 Å². The van der Waals surface area contributed by atoms with E-state index in [4.69, 9.17) is 25.0 Å². The maximum atomic E-state index is 11.8. The number of nitrogens with zero attached hydrogens (tertiary/aromatic N) is 2. The van der Waals surface area contributed by atoms with Gasteiger partial charge in [0.05, 0.1) is 6.61 Å². The van der Waals surface area contributed by atoms with E-state index < -0.39 is 44.7 Å². The number of hydrogen-bond donors (Lipinski definition) is 4. The second kappa shape index (κ2) is 6.42. The number of aromatic nitrogens is 2. The van der Waals surface area contributed by atoms with E-state index in [-0.39, 0.29) is 5.82 Å². The Kier molecular flexibility index (Phi) is 4.97. The van der Waals surface area contributed by atoms with Gasteiger partial charge in [-0.15, -0.1) is 0 Å². The van der Waals surface area contributed by atoms with Crippen molar-refractivity contribution < 1.29 is 33.5 Å². The molecule has 12 heteroatoms. The Bertz CT molecular complexity index is 631. The van der Waals surface area contributed by atoms with Gasteiger partial charge in [-0.2, -0.15) is 4.98 Å². The Morgan fingerprint density at radius 1 is 1.55 bits per heavy atom. The van der Waals surface area contributed by atoms with Gasteiger partial charge in [-0.05, 0) is 6.07 Å². The Hall–Kier alpha value is -1.33. The molecule has 1 fully saturated rings. The van der Waals surface area contributed by atoms with Gasteiger partial charge in [0.25, 0.3) is 0 Å². The highest BCUT2D eigenvalue weighted by atomic mass is 31.2. The Morgan fingerprint density at radius 3 is 2.77 bits per heavy atom. The van der Waals surface area contributed by atoms with Crippen LogP contribution in [0.2, 0.25) is 0 Å². The molecule has 1 aliphatic rings. The SMILES string of the molecule is CO[C@@H]1[C@@H](O)[C@@H](COP(=O)(O)O)O[C@H]1n1ccc(N)nc1=O. The number of nitrogens with two attached hydrogens (primary N) is 1. The molecule has 0 amide bonds. The highest BCUT2D eigenvalue weighted by Crippen LogP contribution is 2.38. The van der Waals surface area contributed by atoms with Gasteiger partial charge in [0.2, 0.25) is 0 Å². The number of rotatable bonds is 5. The number of nitrogen functional groups attached to an aromatic ring is 1. The Morgan fingerprint density at radius 2 is 2.23 bits per heavy atom. The maximum Gasteiger partial charge on any atom is 0.469 e. The van der Waals surface area contributed by atoms with Crippen molar-refractivity contribution in [3.05, 3.63) is 22.7 Å². The van der Waals surface area contributed by atoms with E-state index >= 15 is 0 Å². The zero-order chi connectivity index (χ0) is 16.5. The Labute approximate surface area is 124 Å². The van der Waals surface area contributed by atoms with E-state index in [9.17, 15) is 14.5 Å². The van der Waals surface area contributed by atoms with E-state index in [2.05, 4.69) is 9.51 Å². The molecular formula is C10H16N3O8P. The number of ether oxygens (including phenoxy) is 2. The minimum absolute atomic E-state index is 0.0233. The molecule has 1 aliphatic heterocycles. The van der Waals surface area contributed by atoms with E-state index in [1.165, 1.54) is 19.4 Å². The molecule has 1 saturated heterocycles. The first-order valence-corrected chi connectivity index (χ1v) is 7.67. The molecule has 0 unspecified atom stereocenters. The van der Waals surface area contributed by atoms with Crippen LogP contribution in [0, 0.1) is 0 Å². The summed E-state index contributed by atoms with van der Waals surface area (Å²) in [5.41, 5.74) is 4.68. The summed E-state index contributed by atoms with van der Waals surface area (Å²) in [4.78, 5) is 32.7. The molecule has 11 nitrogen and oxygen atoms in total. The average Bonchev–Trinajstić information content (AvgIpc) is 2.72. The van der Waals surface area contributed by atoms with Crippen LogP contribution in [-0.4, -0.2) is 56.5 Å². The molecule has 0 aliphatic carbocycles. The molecule has 1 aromatic heterocycles. The maximum absolute atomic E-state index is 11.8. The van der Waals surface area contributed by atoms with Crippen LogP contribution in [0.4, 0.5) is 5.82 Å². The largest absolute Gasteiger partial charge is 0.469 e. The lowest BCUT2D eigenvalue weighted by Crippen LogP contribution is -2.37. The third-order valence-corrected chi connectivity index (χ3v) is 3.60. The van der Waals surface area contributed by atoms with Crippen LogP contribution in [0.3, 0.4) is 0 Å². The van der Waals surface area contributed by atoms with E-state index in [1.54, 1.807) is 0 Å². The van der Waals surface area contributed by atoms with Gasteiger partial charge in [-0.3, -0.25) is 9.09 Å². The molecule has 0 bridgehead atoms. The standard InChI is InChI=1S/C10H16N3O8P/c1-19-8-7(14)5(4-20-22(16,17)18)21-9(8)13-3-2-6(11)12-10(13)15/h2-3,5,7-9,14H,4H2,1H3,(H2,11,12,15)(H2,16,17,18)/t5-,7+,8-,9-/m1/s1. The van der Waals surface area contributed by atoms with Crippen LogP contribution in [0.5, 0.6) is 0 Å². The number of anilines is 1. The molecule has 22 heavy (non-hydrogen) atoms. The van der Waals surface area contributed by atoms with Crippen molar-refractivity contribution >= 4 is 13.6 Å². The highest BCUT2D eigenvalue weighted by Gasteiger charge is 2.46. The molecule has 1 aromatic rings. The molecule has 0 radical (unpaired) electrons. The first kappa shape index (κ1) is 17.0. The molecule has 124 valence electrons. The van der Waals surface area contributed by atoms with Gasteiger partial charge < -0.3 is 30.1 Å². The van der Waals surface area contributed by atoms with Crippen molar-refractivity contribution in [2.45, 2.75) is 24.5 Å². The summed E-state index contributed by atoms with van der Waals surface area (Å²) in [6, 6.07) is 1.36. The molecule has 2 rings (SSSR count). The highest BCUT2D eigenvalue weighted by molar-refractivity contribution is 7.46. The fraction of sp³-hybridized carbons (Fsp3) is 0.600. The number of methoxy groups -OCH3 is 1. The molecule has 0 spiro atoms. The first-order valence-electron chi connectivity index (χ1n) is 6.14. The second-order valence-electron chi connectivity index (χ2n) is 4.58. The van der Waals surface area contributed by atoms with E-state index in [0.29, 0.717) is 0 Å². The van der Waals surface area contributed by atoms with Crippen molar-refractivity contribution in [3.63, 3.8) is 0 Å². The second-order valence-corrected chi connectivity index (χ2v) is 5.82.